The summed E-state index contributed by atoms with van der Waals surface area (Å²) in [6.07, 6.45) is 2.96. The summed E-state index contributed by atoms with van der Waals surface area (Å²) in [5.41, 5.74) is 1.79. The number of ether oxygens (including phenoxy) is 2. The van der Waals surface area contributed by atoms with Gasteiger partial charge in [-0.3, -0.25) is 0 Å². The van der Waals surface area contributed by atoms with Gasteiger partial charge < -0.3 is 9.47 Å². The maximum atomic E-state index is 11.1. The van der Waals surface area contributed by atoms with Crippen molar-refractivity contribution in [3.8, 4) is 5.75 Å². The van der Waals surface area contributed by atoms with E-state index in [4.69, 9.17) is 16.3 Å². The molecular formula is C17H13Br2ClO3. The smallest absolute Gasteiger partial charge is 0.330 e. The van der Waals surface area contributed by atoms with Gasteiger partial charge in [-0.2, -0.15) is 0 Å². The highest BCUT2D eigenvalue weighted by atomic mass is 79.9. The quantitative estimate of drug-likeness (QED) is 0.429. The Labute approximate surface area is 156 Å². The lowest BCUT2D eigenvalue weighted by Gasteiger charge is -2.11. The molecule has 2 rings (SSSR count). The molecule has 0 radical (unpaired) electrons. The SMILES string of the molecule is COC(=O)/C=C/c1cc(Cl)c(OCc2cccc(Br)c2)c(Br)c1. The zero-order valence-corrected chi connectivity index (χ0v) is 16.1. The summed E-state index contributed by atoms with van der Waals surface area (Å²) in [5, 5.41) is 0.457. The second-order valence-corrected chi connectivity index (χ2v) is 6.77. The average molecular weight is 461 g/mol. The minimum atomic E-state index is -0.424. The van der Waals surface area contributed by atoms with E-state index in [1.165, 1.54) is 13.2 Å². The number of esters is 1. The van der Waals surface area contributed by atoms with Gasteiger partial charge in [0.15, 0.2) is 5.75 Å². The highest BCUT2D eigenvalue weighted by Gasteiger charge is 2.09. The van der Waals surface area contributed by atoms with E-state index in [1.807, 2.05) is 30.3 Å². The Bertz CT molecular complexity index is 721. The van der Waals surface area contributed by atoms with Crippen LogP contribution in [0.3, 0.4) is 0 Å². The lowest BCUT2D eigenvalue weighted by molar-refractivity contribution is -0.134. The predicted molar refractivity (Wildman–Crippen MR) is 98.7 cm³/mol. The van der Waals surface area contributed by atoms with E-state index < -0.39 is 5.97 Å². The summed E-state index contributed by atoms with van der Waals surface area (Å²) in [6, 6.07) is 11.4. The molecule has 0 bridgehead atoms. The highest BCUT2D eigenvalue weighted by molar-refractivity contribution is 9.10. The monoisotopic (exact) mass is 458 g/mol. The average Bonchev–Trinajstić information content (AvgIpc) is 2.51. The van der Waals surface area contributed by atoms with Gasteiger partial charge in [0.05, 0.1) is 16.6 Å². The van der Waals surface area contributed by atoms with E-state index >= 15 is 0 Å². The van der Waals surface area contributed by atoms with E-state index in [2.05, 4.69) is 36.6 Å². The number of hydrogen-bond acceptors (Lipinski definition) is 3. The number of carbonyl (C=O) groups excluding carboxylic acids is 1. The highest BCUT2D eigenvalue weighted by Crippen LogP contribution is 2.35. The fourth-order valence-corrected chi connectivity index (χ4v) is 3.26. The summed E-state index contributed by atoms with van der Waals surface area (Å²) in [4.78, 5) is 11.1. The number of benzene rings is 2. The Kier molecular flexibility index (Phi) is 6.69. The molecule has 23 heavy (non-hydrogen) atoms. The van der Waals surface area contributed by atoms with Gasteiger partial charge in [-0.15, -0.1) is 0 Å². The fourth-order valence-electron chi connectivity index (χ4n) is 1.83. The fraction of sp³-hybridized carbons (Fsp3) is 0.118. The van der Waals surface area contributed by atoms with Crippen LogP contribution >= 0.6 is 43.5 Å². The molecule has 0 saturated carbocycles. The van der Waals surface area contributed by atoms with E-state index in [0.717, 1.165) is 15.6 Å². The second kappa shape index (κ2) is 8.52. The first kappa shape index (κ1) is 18.0. The number of methoxy groups -OCH3 is 1. The molecule has 0 aliphatic carbocycles. The summed E-state index contributed by atoms with van der Waals surface area (Å²) in [5.74, 6) is 0.133. The van der Waals surface area contributed by atoms with Crippen molar-refractivity contribution in [1.82, 2.24) is 0 Å². The van der Waals surface area contributed by atoms with Crippen molar-refractivity contribution in [2.45, 2.75) is 6.61 Å². The Balaban J connectivity index is 2.14. The minimum absolute atomic E-state index is 0.398. The van der Waals surface area contributed by atoms with Crippen LogP contribution in [0.2, 0.25) is 5.02 Å². The third-order valence-electron chi connectivity index (χ3n) is 2.91. The number of hydrogen-bond donors (Lipinski definition) is 0. The van der Waals surface area contributed by atoms with Crippen molar-refractivity contribution in [3.05, 3.63) is 67.6 Å². The molecule has 2 aromatic rings. The zero-order valence-electron chi connectivity index (χ0n) is 12.2. The lowest BCUT2D eigenvalue weighted by Crippen LogP contribution is -1.97. The molecule has 0 fully saturated rings. The van der Waals surface area contributed by atoms with Crippen molar-refractivity contribution < 1.29 is 14.3 Å². The third-order valence-corrected chi connectivity index (χ3v) is 4.27. The standard InChI is InChI=1S/C17H13Br2ClO3/c1-22-16(21)6-5-11-8-14(19)17(15(20)9-11)23-10-12-3-2-4-13(18)7-12/h2-9H,10H2,1H3/b6-5+. The van der Waals surface area contributed by atoms with Crippen LogP contribution in [0.25, 0.3) is 6.08 Å². The van der Waals surface area contributed by atoms with Gasteiger partial charge in [-0.1, -0.05) is 39.7 Å². The molecule has 0 spiro atoms. The molecule has 120 valence electrons. The van der Waals surface area contributed by atoms with Gasteiger partial charge in [0, 0.05) is 10.5 Å². The summed E-state index contributed by atoms with van der Waals surface area (Å²) in [7, 11) is 1.33. The first-order valence-electron chi connectivity index (χ1n) is 6.62. The van der Waals surface area contributed by atoms with Crippen LogP contribution in [-0.4, -0.2) is 13.1 Å². The zero-order chi connectivity index (χ0) is 16.8. The normalized spacial score (nSPS) is 10.8. The third kappa shape index (κ3) is 5.37. The maximum Gasteiger partial charge on any atom is 0.330 e. The molecular weight excluding hydrogens is 447 g/mol. The van der Waals surface area contributed by atoms with Gasteiger partial charge in [0.2, 0.25) is 0 Å². The number of halogens is 3. The second-order valence-electron chi connectivity index (χ2n) is 4.59. The van der Waals surface area contributed by atoms with Crippen LogP contribution in [0.1, 0.15) is 11.1 Å². The van der Waals surface area contributed by atoms with Crippen LogP contribution in [0.4, 0.5) is 0 Å². The van der Waals surface area contributed by atoms with Gasteiger partial charge in [-0.05, 0) is 57.4 Å². The summed E-state index contributed by atoms with van der Waals surface area (Å²) in [6.45, 7) is 0.398. The Morgan fingerprint density at radius 3 is 2.70 bits per heavy atom. The van der Waals surface area contributed by atoms with Gasteiger partial charge in [-0.25, -0.2) is 4.79 Å². The summed E-state index contributed by atoms with van der Waals surface area (Å²) >= 11 is 13.1. The molecule has 0 unspecified atom stereocenters. The van der Waals surface area contributed by atoms with Gasteiger partial charge in [0.25, 0.3) is 0 Å². The molecule has 6 heteroatoms. The van der Waals surface area contributed by atoms with Gasteiger partial charge >= 0.3 is 5.97 Å². The molecule has 0 aliphatic heterocycles. The molecule has 0 amide bonds. The van der Waals surface area contributed by atoms with E-state index in [1.54, 1.807) is 12.1 Å². The lowest BCUT2D eigenvalue weighted by atomic mass is 10.2. The largest absolute Gasteiger partial charge is 0.486 e. The van der Waals surface area contributed by atoms with Crippen molar-refractivity contribution in [3.63, 3.8) is 0 Å². The Morgan fingerprint density at radius 1 is 1.26 bits per heavy atom. The van der Waals surface area contributed by atoms with Crippen LogP contribution in [0, 0.1) is 0 Å². The van der Waals surface area contributed by atoms with Crippen LogP contribution in [0.15, 0.2) is 51.4 Å². The Hall–Kier alpha value is -1.30. The molecule has 3 nitrogen and oxygen atoms in total. The summed E-state index contributed by atoms with van der Waals surface area (Å²) < 4.78 is 12.1. The molecule has 0 aliphatic rings. The molecule has 2 aromatic carbocycles. The molecule has 0 atom stereocenters. The first-order chi connectivity index (χ1) is 11.0. The minimum Gasteiger partial charge on any atom is -0.486 e. The molecule has 0 saturated heterocycles. The first-order valence-corrected chi connectivity index (χ1v) is 8.58. The number of rotatable bonds is 5. The van der Waals surface area contributed by atoms with Crippen LogP contribution < -0.4 is 4.74 Å². The van der Waals surface area contributed by atoms with Crippen molar-refractivity contribution in [2.24, 2.45) is 0 Å². The molecule has 0 N–H and O–H groups in total. The van der Waals surface area contributed by atoms with E-state index in [0.29, 0.717) is 21.9 Å². The number of carbonyl (C=O) groups is 1. The molecule has 0 aromatic heterocycles. The topological polar surface area (TPSA) is 35.5 Å². The van der Waals surface area contributed by atoms with E-state index in [-0.39, 0.29) is 0 Å². The maximum absolute atomic E-state index is 11.1. The van der Waals surface area contributed by atoms with Crippen molar-refractivity contribution in [1.29, 1.82) is 0 Å². The predicted octanol–water partition coefficient (Wildman–Crippen LogP) is 5.63. The van der Waals surface area contributed by atoms with Crippen molar-refractivity contribution >= 4 is 55.5 Å². The van der Waals surface area contributed by atoms with Crippen LogP contribution in [-0.2, 0) is 16.1 Å². The Morgan fingerprint density at radius 2 is 2.04 bits per heavy atom. The van der Waals surface area contributed by atoms with Crippen LogP contribution in [0.5, 0.6) is 5.75 Å². The van der Waals surface area contributed by atoms with Crippen molar-refractivity contribution in [2.75, 3.05) is 7.11 Å². The van der Waals surface area contributed by atoms with E-state index in [9.17, 15) is 4.79 Å². The molecule has 0 heterocycles. The van der Waals surface area contributed by atoms with Gasteiger partial charge in [0.1, 0.15) is 6.61 Å².